The molecular formula is C11H12ClN3OS. The minimum atomic E-state index is -0.229. The average Bonchev–Trinajstić information content (AvgIpc) is 2.63. The Morgan fingerprint density at radius 1 is 1.47 bits per heavy atom. The quantitative estimate of drug-likeness (QED) is 0.870. The fourth-order valence-electron chi connectivity index (χ4n) is 1.51. The normalized spacial score (nSPS) is 12.4. The molecular weight excluding hydrogens is 258 g/mol. The lowest BCUT2D eigenvalue weighted by Crippen LogP contribution is -2.09. The molecule has 1 heterocycles. The summed E-state index contributed by atoms with van der Waals surface area (Å²) >= 11 is 11.1. The first-order chi connectivity index (χ1) is 8.09. The van der Waals surface area contributed by atoms with Crippen molar-refractivity contribution >= 4 is 23.8 Å². The highest BCUT2D eigenvalue weighted by molar-refractivity contribution is 7.71. The summed E-state index contributed by atoms with van der Waals surface area (Å²) in [6, 6.07) is 7.33. The predicted molar refractivity (Wildman–Crippen MR) is 68.9 cm³/mol. The van der Waals surface area contributed by atoms with Gasteiger partial charge in [0, 0.05) is 7.05 Å². The third kappa shape index (κ3) is 2.50. The van der Waals surface area contributed by atoms with Gasteiger partial charge in [-0.15, -0.1) is 0 Å². The summed E-state index contributed by atoms with van der Waals surface area (Å²) in [6.07, 6.45) is -0.229. The van der Waals surface area contributed by atoms with Gasteiger partial charge < -0.3 is 9.30 Å². The number of hydrogen-bond acceptors (Lipinski definition) is 3. The zero-order valence-corrected chi connectivity index (χ0v) is 11.0. The molecule has 0 saturated carbocycles. The predicted octanol–water partition coefficient (Wildman–Crippen LogP) is 3.27. The molecule has 17 heavy (non-hydrogen) atoms. The Kier molecular flexibility index (Phi) is 3.49. The smallest absolute Gasteiger partial charge is 0.195 e. The van der Waals surface area contributed by atoms with Gasteiger partial charge in [-0.2, -0.15) is 5.10 Å². The van der Waals surface area contributed by atoms with E-state index >= 15 is 0 Å². The van der Waals surface area contributed by atoms with Crippen LogP contribution in [0.15, 0.2) is 24.3 Å². The Hall–Kier alpha value is -1.33. The van der Waals surface area contributed by atoms with Crippen LogP contribution in [0.4, 0.5) is 0 Å². The molecule has 1 N–H and O–H groups in total. The number of aromatic nitrogens is 3. The zero-order chi connectivity index (χ0) is 12.4. The Balaban J connectivity index is 2.23. The molecule has 0 radical (unpaired) electrons. The third-order valence-corrected chi connectivity index (χ3v) is 3.10. The van der Waals surface area contributed by atoms with Crippen molar-refractivity contribution in [1.29, 1.82) is 0 Å². The molecule has 90 valence electrons. The number of benzene rings is 1. The largest absolute Gasteiger partial charge is 0.481 e. The van der Waals surface area contributed by atoms with E-state index in [0.717, 1.165) is 5.82 Å². The molecule has 6 heteroatoms. The van der Waals surface area contributed by atoms with Crippen molar-refractivity contribution in [3.05, 3.63) is 39.9 Å². The van der Waals surface area contributed by atoms with Gasteiger partial charge in [0.1, 0.15) is 5.75 Å². The molecule has 2 rings (SSSR count). The molecule has 0 aliphatic carbocycles. The molecule has 0 bridgehead atoms. The Morgan fingerprint density at radius 2 is 2.18 bits per heavy atom. The van der Waals surface area contributed by atoms with Crippen LogP contribution in [0.1, 0.15) is 18.9 Å². The highest BCUT2D eigenvalue weighted by Gasteiger charge is 2.14. The number of rotatable bonds is 3. The first kappa shape index (κ1) is 12.1. The van der Waals surface area contributed by atoms with Gasteiger partial charge in [-0.25, -0.2) is 0 Å². The summed E-state index contributed by atoms with van der Waals surface area (Å²) in [6.45, 7) is 1.90. The molecule has 0 unspecified atom stereocenters. The summed E-state index contributed by atoms with van der Waals surface area (Å²) < 4.78 is 8.08. The average molecular weight is 270 g/mol. The fourth-order valence-corrected chi connectivity index (χ4v) is 1.83. The van der Waals surface area contributed by atoms with Crippen LogP contribution in [0.5, 0.6) is 5.75 Å². The van der Waals surface area contributed by atoms with Crippen molar-refractivity contribution < 1.29 is 4.74 Å². The number of ether oxygens (including phenoxy) is 1. The SMILES string of the molecule is C[C@H](Oc1ccccc1Cl)c1n[nH]c(=S)n1C. The number of halogens is 1. The third-order valence-electron chi connectivity index (χ3n) is 2.42. The molecule has 1 atom stereocenters. The van der Waals surface area contributed by atoms with Crippen molar-refractivity contribution in [3.8, 4) is 5.75 Å². The summed E-state index contributed by atoms with van der Waals surface area (Å²) in [5.74, 6) is 1.37. The Bertz CT molecular complexity index is 578. The molecule has 0 amide bonds. The number of aromatic amines is 1. The van der Waals surface area contributed by atoms with E-state index in [1.807, 2.05) is 32.2 Å². The molecule has 0 fully saturated rings. The fraction of sp³-hybridized carbons (Fsp3) is 0.273. The second kappa shape index (κ2) is 4.89. The number of nitrogens with one attached hydrogen (secondary N) is 1. The first-order valence-electron chi connectivity index (χ1n) is 5.12. The monoisotopic (exact) mass is 269 g/mol. The number of hydrogen-bond donors (Lipinski definition) is 1. The van der Waals surface area contributed by atoms with Gasteiger partial charge in [-0.1, -0.05) is 23.7 Å². The molecule has 1 aromatic heterocycles. The van der Waals surface area contributed by atoms with Gasteiger partial charge in [0.2, 0.25) is 0 Å². The maximum atomic E-state index is 6.02. The van der Waals surface area contributed by atoms with E-state index in [4.69, 9.17) is 28.6 Å². The highest BCUT2D eigenvalue weighted by atomic mass is 35.5. The second-order valence-corrected chi connectivity index (χ2v) is 4.43. The molecule has 0 aliphatic heterocycles. The summed E-state index contributed by atoms with van der Waals surface area (Å²) in [4.78, 5) is 0. The van der Waals surface area contributed by atoms with E-state index in [1.165, 1.54) is 0 Å². The van der Waals surface area contributed by atoms with Gasteiger partial charge in [-0.3, -0.25) is 5.10 Å². The van der Waals surface area contributed by atoms with Gasteiger partial charge >= 0.3 is 0 Å². The Morgan fingerprint density at radius 3 is 2.76 bits per heavy atom. The second-order valence-electron chi connectivity index (χ2n) is 3.64. The summed E-state index contributed by atoms with van der Waals surface area (Å²) in [5, 5.41) is 7.42. The van der Waals surface area contributed by atoms with E-state index in [9.17, 15) is 0 Å². The maximum Gasteiger partial charge on any atom is 0.195 e. The Labute approximate surface area is 109 Å². The van der Waals surface area contributed by atoms with Crippen LogP contribution >= 0.6 is 23.8 Å². The van der Waals surface area contributed by atoms with Gasteiger partial charge in [-0.05, 0) is 31.3 Å². The van der Waals surface area contributed by atoms with Crippen LogP contribution < -0.4 is 4.74 Å². The topological polar surface area (TPSA) is 42.8 Å². The van der Waals surface area contributed by atoms with Crippen LogP contribution in [-0.4, -0.2) is 14.8 Å². The minimum Gasteiger partial charge on any atom is -0.481 e. The van der Waals surface area contributed by atoms with Crippen molar-refractivity contribution in [2.45, 2.75) is 13.0 Å². The van der Waals surface area contributed by atoms with Crippen LogP contribution in [0.2, 0.25) is 5.02 Å². The lowest BCUT2D eigenvalue weighted by molar-refractivity contribution is 0.212. The van der Waals surface area contributed by atoms with E-state index in [-0.39, 0.29) is 6.10 Å². The van der Waals surface area contributed by atoms with E-state index in [1.54, 1.807) is 10.6 Å². The first-order valence-corrected chi connectivity index (χ1v) is 5.90. The van der Waals surface area contributed by atoms with Crippen molar-refractivity contribution in [2.75, 3.05) is 0 Å². The van der Waals surface area contributed by atoms with Crippen LogP contribution in [0.25, 0.3) is 0 Å². The van der Waals surface area contributed by atoms with Crippen LogP contribution in [0.3, 0.4) is 0 Å². The van der Waals surface area contributed by atoms with Gasteiger partial charge in [0.25, 0.3) is 0 Å². The molecule has 1 aromatic carbocycles. The molecule has 0 spiro atoms. The van der Waals surface area contributed by atoms with Crippen molar-refractivity contribution in [3.63, 3.8) is 0 Å². The van der Waals surface area contributed by atoms with Crippen LogP contribution in [0, 0.1) is 4.77 Å². The lowest BCUT2D eigenvalue weighted by atomic mass is 10.3. The van der Waals surface area contributed by atoms with Gasteiger partial charge in [0.05, 0.1) is 5.02 Å². The van der Waals surface area contributed by atoms with Crippen molar-refractivity contribution in [2.24, 2.45) is 7.05 Å². The minimum absolute atomic E-state index is 0.229. The van der Waals surface area contributed by atoms with Gasteiger partial charge in [0.15, 0.2) is 16.7 Å². The standard InChI is InChI=1S/C11H12ClN3OS/c1-7(10-13-14-11(17)15(10)2)16-9-6-4-3-5-8(9)12/h3-7H,1-2H3,(H,14,17)/t7-/m0/s1. The zero-order valence-electron chi connectivity index (χ0n) is 9.48. The molecule has 0 saturated heterocycles. The number of para-hydroxylation sites is 1. The number of H-pyrrole nitrogens is 1. The molecule has 0 aliphatic rings. The molecule has 4 nitrogen and oxygen atoms in total. The summed E-state index contributed by atoms with van der Waals surface area (Å²) in [7, 11) is 1.84. The summed E-state index contributed by atoms with van der Waals surface area (Å²) in [5.41, 5.74) is 0. The van der Waals surface area contributed by atoms with E-state index < -0.39 is 0 Å². The molecule has 2 aromatic rings. The van der Waals surface area contributed by atoms with Crippen LogP contribution in [-0.2, 0) is 7.05 Å². The number of nitrogens with zero attached hydrogens (tertiary/aromatic N) is 2. The lowest BCUT2D eigenvalue weighted by Gasteiger charge is -2.14. The van der Waals surface area contributed by atoms with Crippen molar-refractivity contribution in [1.82, 2.24) is 14.8 Å². The maximum absolute atomic E-state index is 6.02. The van der Waals surface area contributed by atoms with E-state index in [2.05, 4.69) is 10.2 Å². The van der Waals surface area contributed by atoms with E-state index in [0.29, 0.717) is 15.5 Å². The highest BCUT2D eigenvalue weighted by Crippen LogP contribution is 2.27.